The number of aliphatic hydroxyl groups is 1. The van der Waals surface area contributed by atoms with E-state index in [1.165, 1.54) is 17.4 Å². The largest absolute Gasteiger partial charge is 0.418 e. The number of aliphatic hydroxyl groups excluding tert-OH is 1. The summed E-state index contributed by atoms with van der Waals surface area (Å²) in [5.41, 5.74) is 2.33. The van der Waals surface area contributed by atoms with Gasteiger partial charge in [0, 0.05) is 28.4 Å². The molecule has 1 N–H and O–H groups in total. The van der Waals surface area contributed by atoms with Gasteiger partial charge in [0.2, 0.25) is 0 Å². The van der Waals surface area contributed by atoms with Crippen molar-refractivity contribution in [1.82, 2.24) is 4.98 Å². The number of hydrogen-bond donors (Lipinski definition) is 1. The fourth-order valence-electron chi connectivity index (χ4n) is 2.78. The maximum Gasteiger partial charge on any atom is 0.418 e. The quantitative estimate of drug-likeness (QED) is 0.550. The number of alkyl halides is 3. The van der Waals surface area contributed by atoms with E-state index in [0.717, 1.165) is 22.7 Å². The van der Waals surface area contributed by atoms with Crippen LogP contribution >= 0.6 is 11.3 Å². The maximum atomic E-state index is 13.7. The summed E-state index contributed by atoms with van der Waals surface area (Å²) in [6.45, 7) is 6.67. The molecule has 2 atom stereocenters. The zero-order valence-electron chi connectivity index (χ0n) is 16.4. The van der Waals surface area contributed by atoms with Crippen LogP contribution in [0.4, 0.5) is 18.9 Å². The normalized spacial score (nSPS) is 14.9. The van der Waals surface area contributed by atoms with Crippen LogP contribution in [-0.4, -0.2) is 35.2 Å². The lowest BCUT2D eigenvalue weighted by molar-refractivity contribution is -0.225. The van der Waals surface area contributed by atoms with E-state index in [0.29, 0.717) is 5.56 Å². The topological polar surface area (TPSA) is 54.7 Å². The molecule has 0 aliphatic heterocycles. The van der Waals surface area contributed by atoms with Crippen molar-refractivity contribution in [2.75, 3.05) is 13.2 Å². The van der Waals surface area contributed by atoms with Crippen molar-refractivity contribution in [3.8, 4) is 10.6 Å². The fourth-order valence-corrected chi connectivity index (χ4v) is 3.50. The summed E-state index contributed by atoms with van der Waals surface area (Å²) < 4.78 is 46.1. The molecule has 8 heteroatoms. The van der Waals surface area contributed by atoms with Crippen LogP contribution in [0.5, 0.6) is 0 Å². The third-order valence-electron chi connectivity index (χ3n) is 4.69. The first-order chi connectivity index (χ1) is 13.2. The Morgan fingerprint density at radius 1 is 1.36 bits per heavy atom. The lowest BCUT2D eigenvalue weighted by atomic mass is 9.97. The van der Waals surface area contributed by atoms with Crippen LogP contribution in [0, 0.1) is 12.8 Å². The summed E-state index contributed by atoms with van der Waals surface area (Å²) in [5.74, 6) is 0.137. The summed E-state index contributed by atoms with van der Waals surface area (Å²) >= 11 is 1.42. The van der Waals surface area contributed by atoms with Gasteiger partial charge in [0.1, 0.15) is 5.01 Å². The van der Waals surface area contributed by atoms with Gasteiger partial charge in [-0.1, -0.05) is 26.0 Å². The van der Waals surface area contributed by atoms with Crippen molar-refractivity contribution in [2.45, 2.75) is 46.4 Å². The van der Waals surface area contributed by atoms with Gasteiger partial charge in [-0.3, -0.25) is 4.99 Å². The van der Waals surface area contributed by atoms with Gasteiger partial charge in [0.25, 0.3) is 0 Å². The highest BCUT2D eigenvalue weighted by molar-refractivity contribution is 7.13. The second-order valence-corrected chi connectivity index (χ2v) is 7.49. The van der Waals surface area contributed by atoms with E-state index in [1.807, 2.05) is 26.2 Å². The number of aromatic nitrogens is 1. The predicted molar refractivity (Wildman–Crippen MR) is 106 cm³/mol. The predicted octanol–water partition coefficient (Wildman–Crippen LogP) is 5.87. The minimum absolute atomic E-state index is 0.0543. The van der Waals surface area contributed by atoms with E-state index >= 15 is 0 Å². The first-order valence-electron chi connectivity index (χ1n) is 9.08. The third-order valence-corrected chi connectivity index (χ3v) is 5.50. The Bertz CT molecular complexity index is 805. The number of halogens is 3. The Hall–Kier alpha value is -1.77. The van der Waals surface area contributed by atoms with Crippen LogP contribution in [0.25, 0.3) is 10.6 Å². The minimum Gasteiger partial charge on any atom is -0.394 e. The summed E-state index contributed by atoms with van der Waals surface area (Å²) in [5, 5.41) is 11.5. The van der Waals surface area contributed by atoms with E-state index < -0.39 is 25.5 Å². The number of benzene rings is 1. The van der Waals surface area contributed by atoms with Crippen LogP contribution in [0.1, 0.15) is 44.4 Å². The summed E-state index contributed by atoms with van der Waals surface area (Å²) in [6, 6.07) is 3.03. The van der Waals surface area contributed by atoms with Gasteiger partial charge in [0.15, 0.2) is 6.10 Å². The molecule has 2 unspecified atom stereocenters. The first-order valence-corrected chi connectivity index (χ1v) is 9.96. The zero-order valence-corrected chi connectivity index (χ0v) is 17.2. The Labute approximate surface area is 167 Å². The smallest absolute Gasteiger partial charge is 0.394 e. The molecule has 0 amide bonds. The highest BCUT2D eigenvalue weighted by atomic mass is 32.1. The molecule has 0 bridgehead atoms. The third kappa shape index (κ3) is 5.18. The van der Waals surface area contributed by atoms with Gasteiger partial charge >= 0.3 is 6.18 Å². The molecule has 0 saturated carbocycles. The van der Waals surface area contributed by atoms with E-state index in [4.69, 9.17) is 9.84 Å². The molecule has 1 aromatic heterocycles. The fraction of sp³-hybridized carbons (Fsp3) is 0.500. The Morgan fingerprint density at radius 2 is 2.07 bits per heavy atom. The monoisotopic (exact) mass is 414 g/mol. The molecule has 0 spiro atoms. The lowest BCUT2D eigenvalue weighted by Gasteiger charge is -2.24. The van der Waals surface area contributed by atoms with Crippen molar-refractivity contribution >= 4 is 22.7 Å². The van der Waals surface area contributed by atoms with E-state index in [9.17, 15) is 13.2 Å². The molecule has 2 aromatic rings. The molecular formula is C20H25F3N2O2S. The van der Waals surface area contributed by atoms with E-state index in [2.05, 4.69) is 9.98 Å². The van der Waals surface area contributed by atoms with Crippen molar-refractivity contribution in [2.24, 2.45) is 10.9 Å². The summed E-state index contributed by atoms with van der Waals surface area (Å²) in [7, 11) is 0. The molecule has 154 valence electrons. The SMILES string of the molecule is CCC(C)C(C)=Nc1c(C(OCCO)C(F)(F)F)ccc(-c2nccs2)c1C. The van der Waals surface area contributed by atoms with Crippen LogP contribution in [-0.2, 0) is 4.74 Å². The number of rotatable bonds is 8. The van der Waals surface area contributed by atoms with Crippen molar-refractivity contribution in [1.29, 1.82) is 0 Å². The molecule has 1 aromatic carbocycles. The second kappa shape index (κ2) is 9.62. The molecule has 2 rings (SSSR count). The van der Waals surface area contributed by atoms with Crippen LogP contribution in [0.2, 0.25) is 0 Å². The Morgan fingerprint density at radius 3 is 2.61 bits per heavy atom. The van der Waals surface area contributed by atoms with Gasteiger partial charge in [-0.15, -0.1) is 11.3 Å². The Balaban J connectivity index is 2.68. The van der Waals surface area contributed by atoms with Gasteiger partial charge in [-0.05, 0) is 31.7 Å². The highest BCUT2D eigenvalue weighted by Gasteiger charge is 2.43. The molecule has 0 aliphatic rings. The number of thiazole rings is 1. The van der Waals surface area contributed by atoms with E-state index in [1.54, 1.807) is 19.2 Å². The van der Waals surface area contributed by atoms with Gasteiger partial charge in [0.05, 0.1) is 18.9 Å². The highest BCUT2D eigenvalue weighted by Crippen LogP contribution is 2.44. The molecule has 0 saturated heterocycles. The maximum absolute atomic E-state index is 13.7. The second-order valence-electron chi connectivity index (χ2n) is 6.59. The number of aliphatic imine (C=N–C) groups is 1. The van der Waals surface area contributed by atoms with Gasteiger partial charge in [-0.25, -0.2) is 4.98 Å². The van der Waals surface area contributed by atoms with Crippen molar-refractivity contribution in [3.63, 3.8) is 0 Å². The zero-order chi connectivity index (χ0) is 20.9. The number of nitrogens with zero attached hydrogens (tertiary/aromatic N) is 2. The number of hydrogen-bond acceptors (Lipinski definition) is 5. The molecule has 0 aliphatic carbocycles. The van der Waals surface area contributed by atoms with Gasteiger partial charge in [-0.2, -0.15) is 13.2 Å². The van der Waals surface area contributed by atoms with Gasteiger partial charge < -0.3 is 9.84 Å². The number of ether oxygens (including phenoxy) is 1. The van der Waals surface area contributed by atoms with E-state index in [-0.39, 0.29) is 17.2 Å². The molecule has 4 nitrogen and oxygen atoms in total. The lowest BCUT2D eigenvalue weighted by Crippen LogP contribution is -2.25. The summed E-state index contributed by atoms with van der Waals surface area (Å²) in [6.07, 6.45) is -4.30. The standard InChI is InChI=1S/C20H25F3N2O2S/c1-5-12(2)14(4)25-17-13(3)15(19-24-8-11-28-19)6-7-16(17)18(20(21,22)23)27-10-9-26/h6-8,11-12,18,26H,5,9-10H2,1-4H3. The molecular weight excluding hydrogens is 389 g/mol. The molecule has 0 fully saturated rings. The van der Waals surface area contributed by atoms with Crippen LogP contribution < -0.4 is 0 Å². The molecule has 0 radical (unpaired) electrons. The summed E-state index contributed by atoms with van der Waals surface area (Å²) in [4.78, 5) is 8.87. The first kappa shape index (κ1) is 22.5. The van der Waals surface area contributed by atoms with Crippen molar-refractivity contribution < 1.29 is 23.0 Å². The van der Waals surface area contributed by atoms with Crippen molar-refractivity contribution in [3.05, 3.63) is 34.8 Å². The van der Waals surface area contributed by atoms with Crippen LogP contribution in [0.15, 0.2) is 28.7 Å². The molecule has 1 heterocycles. The minimum atomic E-state index is -4.63. The average molecular weight is 414 g/mol. The Kier molecular flexibility index (Phi) is 7.74. The average Bonchev–Trinajstić information content (AvgIpc) is 3.17. The van der Waals surface area contributed by atoms with Crippen LogP contribution in [0.3, 0.4) is 0 Å². The molecule has 28 heavy (non-hydrogen) atoms.